The summed E-state index contributed by atoms with van der Waals surface area (Å²) in [7, 11) is 1.94. The molecule has 2 rings (SSSR count). The number of benzene rings is 1. The number of aliphatic hydroxyl groups is 1. The van der Waals surface area contributed by atoms with E-state index in [0.29, 0.717) is 13.1 Å². The van der Waals surface area contributed by atoms with Gasteiger partial charge in [-0.1, -0.05) is 18.2 Å². The number of rotatable bonds is 4. The van der Waals surface area contributed by atoms with Gasteiger partial charge >= 0.3 is 0 Å². The van der Waals surface area contributed by atoms with Crippen LogP contribution in [-0.4, -0.2) is 27.5 Å². The molecule has 0 saturated heterocycles. The van der Waals surface area contributed by atoms with Crippen LogP contribution >= 0.6 is 0 Å². The highest BCUT2D eigenvalue weighted by Crippen LogP contribution is 2.16. The van der Waals surface area contributed by atoms with Crippen LogP contribution in [0.4, 0.5) is 0 Å². The number of aryl methyl sites for hydroxylation is 1. The average Bonchev–Trinajstić information content (AvgIpc) is 2.57. The predicted molar refractivity (Wildman–Crippen MR) is 64.1 cm³/mol. The molecule has 0 saturated carbocycles. The van der Waals surface area contributed by atoms with E-state index in [4.69, 9.17) is 5.11 Å². The van der Waals surface area contributed by atoms with Crippen molar-refractivity contribution in [3.8, 4) is 0 Å². The Morgan fingerprint density at radius 3 is 2.94 bits per heavy atom. The quantitative estimate of drug-likeness (QED) is 0.808. The van der Waals surface area contributed by atoms with Crippen molar-refractivity contribution in [2.45, 2.75) is 19.6 Å². The average molecular weight is 219 g/mol. The van der Waals surface area contributed by atoms with Crippen molar-refractivity contribution in [1.29, 1.82) is 0 Å². The molecule has 1 heterocycles. The van der Waals surface area contributed by atoms with Crippen molar-refractivity contribution in [3.63, 3.8) is 0 Å². The standard InChI is InChI=1S/C12H17N3O/c1-9(16)7-13-8-11-10-5-3-4-6-12(10)15(2)14-11/h3-6,9,13,16H,7-8H2,1-2H3. The summed E-state index contributed by atoms with van der Waals surface area (Å²) in [6, 6.07) is 8.15. The number of hydrogen-bond donors (Lipinski definition) is 2. The van der Waals surface area contributed by atoms with Crippen LogP contribution in [0.15, 0.2) is 24.3 Å². The molecule has 0 bridgehead atoms. The van der Waals surface area contributed by atoms with Crippen molar-refractivity contribution >= 4 is 10.9 Å². The number of hydrogen-bond acceptors (Lipinski definition) is 3. The molecule has 1 unspecified atom stereocenters. The van der Waals surface area contributed by atoms with Crippen LogP contribution in [0.25, 0.3) is 10.9 Å². The van der Waals surface area contributed by atoms with E-state index in [9.17, 15) is 0 Å². The van der Waals surface area contributed by atoms with E-state index in [2.05, 4.69) is 22.5 Å². The van der Waals surface area contributed by atoms with Gasteiger partial charge in [0.15, 0.2) is 0 Å². The van der Waals surface area contributed by atoms with Crippen LogP contribution in [0.3, 0.4) is 0 Å². The van der Waals surface area contributed by atoms with Gasteiger partial charge in [0.25, 0.3) is 0 Å². The van der Waals surface area contributed by atoms with Gasteiger partial charge in [0, 0.05) is 25.5 Å². The Morgan fingerprint density at radius 1 is 1.44 bits per heavy atom. The lowest BCUT2D eigenvalue weighted by Gasteiger charge is -2.04. The molecule has 0 spiro atoms. The molecule has 2 aromatic rings. The summed E-state index contributed by atoms with van der Waals surface area (Å²) in [6.45, 7) is 3.04. The normalized spacial score (nSPS) is 13.2. The number of nitrogens with zero attached hydrogens (tertiary/aromatic N) is 2. The van der Waals surface area contributed by atoms with Crippen molar-refractivity contribution in [3.05, 3.63) is 30.0 Å². The second kappa shape index (κ2) is 4.63. The fourth-order valence-electron chi connectivity index (χ4n) is 1.82. The Hall–Kier alpha value is -1.39. The molecular formula is C12H17N3O. The highest BCUT2D eigenvalue weighted by Gasteiger charge is 2.07. The second-order valence-corrected chi connectivity index (χ2v) is 4.07. The lowest BCUT2D eigenvalue weighted by Crippen LogP contribution is -2.24. The molecule has 0 radical (unpaired) electrons. The summed E-state index contributed by atoms with van der Waals surface area (Å²) >= 11 is 0. The van der Waals surface area contributed by atoms with Crippen molar-refractivity contribution in [1.82, 2.24) is 15.1 Å². The number of aromatic nitrogens is 2. The van der Waals surface area contributed by atoms with E-state index in [0.717, 1.165) is 11.2 Å². The number of fused-ring (bicyclic) bond motifs is 1. The van der Waals surface area contributed by atoms with Crippen LogP contribution < -0.4 is 5.32 Å². The molecule has 4 nitrogen and oxygen atoms in total. The second-order valence-electron chi connectivity index (χ2n) is 4.07. The molecule has 4 heteroatoms. The van der Waals surface area contributed by atoms with Crippen LogP contribution in [0.5, 0.6) is 0 Å². The third kappa shape index (κ3) is 2.23. The molecule has 0 amide bonds. The minimum absolute atomic E-state index is 0.324. The number of para-hydroxylation sites is 1. The summed E-state index contributed by atoms with van der Waals surface area (Å²) in [5.41, 5.74) is 2.16. The first-order valence-electron chi connectivity index (χ1n) is 5.48. The van der Waals surface area contributed by atoms with E-state index < -0.39 is 0 Å². The lowest BCUT2D eigenvalue weighted by atomic mass is 10.2. The molecule has 0 aliphatic carbocycles. The van der Waals surface area contributed by atoms with Gasteiger partial charge in [-0.3, -0.25) is 4.68 Å². The van der Waals surface area contributed by atoms with E-state index >= 15 is 0 Å². The van der Waals surface area contributed by atoms with Gasteiger partial charge < -0.3 is 10.4 Å². The SMILES string of the molecule is CC(O)CNCc1nn(C)c2ccccc12. The van der Waals surface area contributed by atoms with Gasteiger partial charge in [-0.15, -0.1) is 0 Å². The Labute approximate surface area is 94.9 Å². The smallest absolute Gasteiger partial charge is 0.0841 e. The van der Waals surface area contributed by atoms with Crippen LogP contribution in [0, 0.1) is 0 Å². The molecular weight excluding hydrogens is 202 g/mol. The minimum Gasteiger partial charge on any atom is -0.392 e. The van der Waals surface area contributed by atoms with Crippen LogP contribution in [-0.2, 0) is 13.6 Å². The zero-order chi connectivity index (χ0) is 11.5. The summed E-state index contributed by atoms with van der Waals surface area (Å²) in [6.07, 6.45) is -0.324. The first-order chi connectivity index (χ1) is 7.68. The largest absolute Gasteiger partial charge is 0.392 e. The van der Waals surface area contributed by atoms with Gasteiger partial charge in [-0.05, 0) is 13.0 Å². The zero-order valence-electron chi connectivity index (χ0n) is 9.64. The van der Waals surface area contributed by atoms with E-state index in [1.165, 1.54) is 5.39 Å². The third-order valence-corrected chi connectivity index (χ3v) is 2.57. The van der Waals surface area contributed by atoms with Gasteiger partial charge in [0.1, 0.15) is 0 Å². The Balaban J connectivity index is 2.18. The molecule has 0 fully saturated rings. The predicted octanol–water partition coefficient (Wildman–Crippen LogP) is 1.04. The molecule has 86 valence electrons. The molecule has 16 heavy (non-hydrogen) atoms. The molecule has 2 N–H and O–H groups in total. The molecule has 1 aromatic heterocycles. The maximum Gasteiger partial charge on any atom is 0.0841 e. The van der Waals surface area contributed by atoms with E-state index in [-0.39, 0.29) is 6.10 Å². The van der Waals surface area contributed by atoms with Gasteiger partial charge in [0.2, 0.25) is 0 Å². The van der Waals surface area contributed by atoms with E-state index in [1.54, 1.807) is 6.92 Å². The minimum atomic E-state index is -0.324. The van der Waals surface area contributed by atoms with Gasteiger partial charge in [-0.2, -0.15) is 5.10 Å². The van der Waals surface area contributed by atoms with Crippen molar-refractivity contribution < 1.29 is 5.11 Å². The van der Waals surface area contributed by atoms with Gasteiger partial charge in [-0.25, -0.2) is 0 Å². The lowest BCUT2D eigenvalue weighted by molar-refractivity contribution is 0.191. The molecule has 0 aliphatic heterocycles. The molecule has 0 aliphatic rings. The zero-order valence-corrected chi connectivity index (χ0v) is 9.64. The summed E-state index contributed by atoms with van der Waals surface area (Å²) < 4.78 is 1.88. The fraction of sp³-hybridized carbons (Fsp3) is 0.417. The maximum absolute atomic E-state index is 9.16. The van der Waals surface area contributed by atoms with Crippen molar-refractivity contribution in [2.75, 3.05) is 6.54 Å². The van der Waals surface area contributed by atoms with Gasteiger partial charge in [0.05, 0.1) is 17.3 Å². The topological polar surface area (TPSA) is 50.1 Å². The summed E-state index contributed by atoms with van der Waals surface area (Å²) in [4.78, 5) is 0. The van der Waals surface area contributed by atoms with Crippen LogP contribution in [0.2, 0.25) is 0 Å². The highest BCUT2D eigenvalue weighted by atomic mass is 16.3. The highest BCUT2D eigenvalue weighted by molar-refractivity contribution is 5.81. The van der Waals surface area contributed by atoms with E-state index in [1.807, 2.05) is 23.9 Å². The summed E-state index contributed by atoms with van der Waals surface area (Å²) in [5.74, 6) is 0. The van der Waals surface area contributed by atoms with Crippen molar-refractivity contribution in [2.24, 2.45) is 7.05 Å². The third-order valence-electron chi connectivity index (χ3n) is 2.57. The molecule has 1 atom stereocenters. The summed E-state index contributed by atoms with van der Waals surface area (Å²) in [5, 5.41) is 18.0. The maximum atomic E-state index is 9.16. The Kier molecular flexibility index (Phi) is 3.22. The fourth-order valence-corrected chi connectivity index (χ4v) is 1.82. The number of aliphatic hydroxyl groups excluding tert-OH is 1. The Morgan fingerprint density at radius 2 is 2.19 bits per heavy atom. The Bertz CT molecular complexity index is 476. The van der Waals surface area contributed by atoms with Crippen LogP contribution in [0.1, 0.15) is 12.6 Å². The monoisotopic (exact) mass is 219 g/mol. The first kappa shape index (κ1) is 11.1. The first-order valence-corrected chi connectivity index (χ1v) is 5.48. The molecule has 1 aromatic carbocycles. The number of nitrogens with one attached hydrogen (secondary N) is 1.